The van der Waals surface area contributed by atoms with Crippen LogP contribution in [-0.4, -0.2) is 24.1 Å². The molecule has 0 aliphatic rings. The largest absolute Gasteiger partial charge is 0.419 e. The Kier molecular flexibility index (Phi) is 4.54. The molecule has 4 nitrogen and oxygen atoms in total. The maximum atomic E-state index is 14.1. The topological polar surface area (TPSA) is 55.0 Å². The highest BCUT2D eigenvalue weighted by Crippen LogP contribution is 2.47. The fraction of sp³-hybridized carbons (Fsp3) is 0.158. The molecule has 3 aromatic rings. The number of nitrogens with zero attached hydrogens (tertiary/aromatic N) is 3. The number of nitrogens with two attached hydrogens (primary N) is 1. The highest BCUT2D eigenvalue weighted by atomic mass is 19.4. The highest BCUT2D eigenvalue weighted by Gasteiger charge is 2.39. The van der Waals surface area contributed by atoms with Gasteiger partial charge in [-0.05, 0) is 5.56 Å². The Hall–Kier alpha value is -3.09. The van der Waals surface area contributed by atoms with Crippen molar-refractivity contribution in [2.45, 2.75) is 6.18 Å². The van der Waals surface area contributed by atoms with Crippen LogP contribution in [0, 0.1) is 0 Å². The zero-order chi connectivity index (χ0) is 18.9. The maximum Gasteiger partial charge on any atom is 0.419 e. The van der Waals surface area contributed by atoms with E-state index in [0.29, 0.717) is 11.1 Å². The smallest absolute Gasteiger partial charge is 0.382 e. The molecule has 0 fully saturated rings. The molecule has 1 aromatic heterocycles. The van der Waals surface area contributed by atoms with E-state index >= 15 is 0 Å². The van der Waals surface area contributed by atoms with E-state index in [0.717, 1.165) is 0 Å². The van der Waals surface area contributed by atoms with Crippen LogP contribution >= 0.6 is 0 Å². The molecular weight excluding hydrogens is 341 g/mol. The lowest BCUT2D eigenvalue weighted by Crippen LogP contribution is -2.19. The zero-order valence-corrected chi connectivity index (χ0v) is 14.2. The molecule has 2 N–H and O–H groups in total. The number of aromatic nitrogens is 2. The Morgan fingerprint density at radius 3 is 2.08 bits per heavy atom. The molecule has 0 spiro atoms. The summed E-state index contributed by atoms with van der Waals surface area (Å²) in [7, 11) is 3.17. The standard InChI is InChI=1S/C19H17F3N4/c1-26(2)17-13(12-6-4-3-5-7-12)8-9-14(15(17)19(20,21)22)16-18(23)25-11-10-24-16/h3-11H,1-2H3,(H2,23,25). The molecule has 7 heteroatoms. The van der Waals surface area contributed by atoms with Crippen molar-refractivity contribution < 1.29 is 13.2 Å². The summed E-state index contributed by atoms with van der Waals surface area (Å²) >= 11 is 0. The van der Waals surface area contributed by atoms with E-state index in [1.165, 1.54) is 23.4 Å². The minimum absolute atomic E-state index is 0.0162. The Bertz CT molecular complexity index is 922. The van der Waals surface area contributed by atoms with Gasteiger partial charge in [-0.25, -0.2) is 4.98 Å². The second kappa shape index (κ2) is 6.67. The molecule has 0 bridgehead atoms. The van der Waals surface area contributed by atoms with Crippen molar-refractivity contribution in [3.05, 3.63) is 60.4 Å². The first-order chi connectivity index (χ1) is 12.3. The fourth-order valence-corrected chi connectivity index (χ4v) is 2.95. The Morgan fingerprint density at radius 1 is 0.885 bits per heavy atom. The van der Waals surface area contributed by atoms with Crippen LogP contribution in [0.25, 0.3) is 22.4 Å². The predicted octanol–water partition coefficient (Wildman–Crippen LogP) is 4.48. The molecule has 0 atom stereocenters. The van der Waals surface area contributed by atoms with Crippen LogP contribution in [-0.2, 0) is 6.18 Å². The minimum Gasteiger partial charge on any atom is -0.382 e. The molecule has 134 valence electrons. The van der Waals surface area contributed by atoms with Crippen molar-refractivity contribution in [1.82, 2.24) is 9.97 Å². The third-order valence-electron chi connectivity index (χ3n) is 3.98. The molecule has 0 amide bonds. The molecule has 26 heavy (non-hydrogen) atoms. The Morgan fingerprint density at radius 2 is 1.50 bits per heavy atom. The number of anilines is 2. The van der Waals surface area contributed by atoms with E-state index in [1.807, 2.05) is 6.07 Å². The first kappa shape index (κ1) is 17.7. The van der Waals surface area contributed by atoms with E-state index in [2.05, 4.69) is 9.97 Å². The van der Waals surface area contributed by atoms with E-state index < -0.39 is 11.7 Å². The third kappa shape index (κ3) is 3.20. The van der Waals surface area contributed by atoms with Gasteiger partial charge in [0.2, 0.25) is 0 Å². The summed E-state index contributed by atoms with van der Waals surface area (Å²) in [6.45, 7) is 0. The van der Waals surface area contributed by atoms with Crippen molar-refractivity contribution in [1.29, 1.82) is 0 Å². The van der Waals surface area contributed by atoms with Crippen molar-refractivity contribution in [2.75, 3.05) is 24.7 Å². The summed E-state index contributed by atoms with van der Waals surface area (Å²) < 4.78 is 42.2. The maximum absolute atomic E-state index is 14.1. The van der Waals surface area contributed by atoms with E-state index in [9.17, 15) is 13.2 Å². The molecule has 0 unspecified atom stereocenters. The normalized spacial score (nSPS) is 11.4. The summed E-state index contributed by atoms with van der Waals surface area (Å²) in [5.74, 6) is -0.0461. The summed E-state index contributed by atoms with van der Waals surface area (Å²) in [5, 5.41) is 0. The van der Waals surface area contributed by atoms with Crippen molar-refractivity contribution in [3.63, 3.8) is 0 Å². The van der Waals surface area contributed by atoms with Crippen LogP contribution in [0.4, 0.5) is 24.7 Å². The lowest BCUT2D eigenvalue weighted by atomic mass is 9.93. The molecule has 1 heterocycles. The van der Waals surface area contributed by atoms with Crippen LogP contribution in [0.15, 0.2) is 54.9 Å². The number of hydrogen-bond donors (Lipinski definition) is 1. The van der Waals surface area contributed by atoms with Crippen molar-refractivity contribution in [2.24, 2.45) is 0 Å². The number of nitrogen functional groups attached to an aromatic ring is 1. The highest BCUT2D eigenvalue weighted by molar-refractivity contribution is 5.88. The van der Waals surface area contributed by atoms with E-state index in [-0.39, 0.29) is 22.8 Å². The van der Waals surface area contributed by atoms with Gasteiger partial charge in [-0.2, -0.15) is 13.2 Å². The fourth-order valence-electron chi connectivity index (χ4n) is 2.95. The van der Waals surface area contributed by atoms with Crippen LogP contribution in [0.2, 0.25) is 0 Å². The first-order valence-electron chi connectivity index (χ1n) is 7.84. The second-order valence-electron chi connectivity index (χ2n) is 5.93. The molecular formula is C19H17F3N4. The summed E-state index contributed by atoms with van der Waals surface area (Å²) in [6, 6.07) is 12.0. The van der Waals surface area contributed by atoms with Gasteiger partial charge in [-0.1, -0.05) is 42.5 Å². The molecule has 0 radical (unpaired) electrons. The van der Waals surface area contributed by atoms with Gasteiger partial charge in [0.15, 0.2) is 0 Å². The monoisotopic (exact) mass is 358 g/mol. The number of benzene rings is 2. The number of halogens is 3. The van der Waals surface area contributed by atoms with E-state index in [1.54, 1.807) is 44.4 Å². The van der Waals surface area contributed by atoms with E-state index in [4.69, 9.17) is 5.73 Å². The van der Waals surface area contributed by atoms with Crippen molar-refractivity contribution in [3.8, 4) is 22.4 Å². The minimum atomic E-state index is -4.59. The van der Waals surface area contributed by atoms with Crippen LogP contribution in [0.1, 0.15) is 5.56 Å². The number of rotatable bonds is 3. The molecule has 0 saturated heterocycles. The van der Waals surface area contributed by atoms with Crippen LogP contribution in [0.5, 0.6) is 0 Å². The molecule has 3 rings (SSSR count). The second-order valence-corrected chi connectivity index (χ2v) is 5.93. The number of alkyl halides is 3. The average Bonchev–Trinajstić information content (AvgIpc) is 2.61. The Balaban J connectivity index is 2.39. The summed E-state index contributed by atoms with van der Waals surface area (Å²) in [6.07, 6.45) is -1.92. The molecule has 2 aromatic carbocycles. The van der Waals surface area contributed by atoms with Crippen LogP contribution in [0.3, 0.4) is 0 Å². The Labute approximate surface area is 149 Å². The summed E-state index contributed by atoms with van der Waals surface area (Å²) in [4.78, 5) is 9.35. The van der Waals surface area contributed by atoms with Gasteiger partial charge in [-0.3, -0.25) is 4.98 Å². The molecule has 0 saturated carbocycles. The van der Waals surface area contributed by atoms with Crippen LogP contribution < -0.4 is 10.6 Å². The first-order valence-corrected chi connectivity index (χ1v) is 7.84. The van der Waals surface area contributed by atoms with Gasteiger partial charge in [0.1, 0.15) is 11.5 Å². The lowest BCUT2D eigenvalue weighted by molar-refractivity contribution is -0.136. The molecule has 0 aliphatic heterocycles. The van der Waals surface area contributed by atoms with Gasteiger partial charge in [-0.15, -0.1) is 0 Å². The van der Waals surface area contributed by atoms with Gasteiger partial charge >= 0.3 is 6.18 Å². The van der Waals surface area contributed by atoms with Gasteiger partial charge in [0.05, 0.1) is 11.3 Å². The quantitative estimate of drug-likeness (QED) is 0.750. The predicted molar refractivity (Wildman–Crippen MR) is 96.6 cm³/mol. The third-order valence-corrected chi connectivity index (χ3v) is 3.98. The average molecular weight is 358 g/mol. The van der Waals surface area contributed by atoms with Gasteiger partial charge in [0.25, 0.3) is 0 Å². The van der Waals surface area contributed by atoms with Crippen molar-refractivity contribution >= 4 is 11.5 Å². The zero-order valence-electron chi connectivity index (χ0n) is 14.2. The molecule has 0 aliphatic carbocycles. The summed E-state index contributed by atoms with van der Waals surface area (Å²) in [5.41, 5.74) is 6.17. The lowest BCUT2D eigenvalue weighted by Gasteiger charge is -2.25. The number of hydrogen-bond acceptors (Lipinski definition) is 4. The van der Waals surface area contributed by atoms with Gasteiger partial charge in [0, 0.05) is 37.6 Å². The SMILES string of the molecule is CN(C)c1c(-c2ccccc2)ccc(-c2nccnc2N)c1C(F)(F)F. The van der Waals surface area contributed by atoms with Gasteiger partial charge < -0.3 is 10.6 Å².